The fourth-order valence-electron chi connectivity index (χ4n) is 4.46. The van der Waals surface area contributed by atoms with Gasteiger partial charge in [-0.25, -0.2) is 0 Å². The zero-order valence-corrected chi connectivity index (χ0v) is 31.8. The largest absolute Gasteiger partial charge is 0.756 e. The van der Waals surface area contributed by atoms with Crippen molar-refractivity contribution in [2.45, 2.75) is 136 Å². The van der Waals surface area contributed by atoms with Crippen LogP contribution < -0.4 is 4.89 Å². The summed E-state index contributed by atoms with van der Waals surface area (Å²) in [6.45, 7) is 3.98. The van der Waals surface area contributed by atoms with Crippen molar-refractivity contribution in [1.82, 2.24) is 0 Å². The Hall–Kier alpha value is -2.03. The van der Waals surface area contributed by atoms with Crippen LogP contribution in [0.4, 0.5) is 0 Å². The molecule has 10 heteroatoms. The van der Waals surface area contributed by atoms with E-state index in [4.69, 9.17) is 18.5 Å². The number of carbonyl (C=O) groups excluding carboxylic acids is 2. The average molecular weight is 698 g/mol. The Morgan fingerprint density at radius 1 is 0.667 bits per heavy atom. The van der Waals surface area contributed by atoms with Gasteiger partial charge in [0.1, 0.15) is 19.8 Å². The number of allylic oxidation sites excluding steroid dienone is 8. The van der Waals surface area contributed by atoms with Gasteiger partial charge in [0, 0.05) is 12.8 Å². The Balaban J connectivity index is 4.52. The number of rotatable bonds is 32. The van der Waals surface area contributed by atoms with E-state index in [2.05, 4.69) is 44.2 Å². The van der Waals surface area contributed by atoms with Gasteiger partial charge in [-0.15, -0.1) is 0 Å². The minimum atomic E-state index is -4.62. The number of hydrogen-bond acceptors (Lipinski definition) is 8. The van der Waals surface area contributed by atoms with Crippen molar-refractivity contribution in [3.05, 3.63) is 48.6 Å². The second-order valence-corrected chi connectivity index (χ2v) is 14.7. The van der Waals surface area contributed by atoms with Crippen molar-refractivity contribution >= 4 is 19.8 Å². The normalized spacial score (nSPS) is 14.4. The molecule has 0 aliphatic heterocycles. The molecule has 2 unspecified atom stereocenters. The van der Waals surface area contributed by atoms with Gasteiger partial charge in [-0.2, -0.15) is 0 Å². The number of quaternary nitrogens is 1. The van der Waals surface area contributed by atoms with Gasteiger partial charge in [0.25, 0.3) is 7.82 Å². The van der Waals surface area contributed by atoms with Crippen LogP contribution in [0.1, 0.15) is 129 Å². The van der Waals surface area contributed by atoms with Gasteiger partial charge in [-0.05, 0) is 51.4 Å². The summed E-state index contributed by atoms with van der Waals surface area (Å²) in [4.78, 5) is 37.2. The lowest BCUT2D eigenvalue weighted by Gasteiger charge is -2.28. The van der Waals surface area contributed by atoms with E-state index >= 15 is 0 Å². The molecule has 0 rings (SSSR count). The molecule has 0 spiro atoms. The van der Waals surface area contributed by atoms with E-state index in [0.29, 0.717) is 23.9 Å². The summed E-state index contributed by atoms with van der Waals surface area (Å²) in [5.41, 5.74) is 0. The molecule has 48 heavy (non-hydrogen) atoms. The van der Waals surface area contributed by atoms with Crippen LogP contribution in [0.25, 0.3) is 0 Å². The SMILES string of the molecule is CC/C=C/C=C/C=C/CCCCCCCC(=O)OC(COC(=O)CCCCCCC/C=C/CCCC)COP(=O)([O-])OCC[N+](C)(C)C. The van der Waals surface area contributed by atoms with Crippen LogP contribution in [0.2, 0.25) is 0 Å². The number of phosphoric ester groups is 1. The van der Waals surface area contributed by atoms with Crippen molar-refractivity contribution in [1.29, 1.82) is 0 Å². The van der Waals surface area contributed by atoms with Gasteiger partial charge in [0.2, 0.25) is 0 Å². The molecule has 2 atom stereocenters. The Bertz CT molecular complexity index is 970. The maximum absolute atomic E-state index is 12.6. The highest BCUT2D eigenvalue weighted by molar-refractivity contribution is 7.45. The zero-order chi connectivity index (χ0) is 35.8. The maximum Gasteiger partial charge on any atom is 0.306 e. The molecule has 0 fully saturated rings. The Morgan fingerprint density at radius 3 is 1.81 bits per heavy atom. The summed E-state index contributed by atoms with van der Waals surface area (Å²) >= 11 is 0. The predicted octanol–water partition coefficient (Wildman–Crippen LogP) is 8.94. The maximum atomic E-state index is 12.6. The van der Waals surface area contributed by atoms with Crippen molar-refractivity contribution in [2.75, 3.05) is 47.5 Å². The zero-order valence-electron chi connectivity index (χ0n) is 30.9. The summed E-state index contributed by atoms with van der Waals surface area (Å²) in [6.07, 6.45) is 32.9. The van der Waals surface area contributed by atoms with Crippen LogP contribution in [-0.4, -0.2) is 70.0 Å². The van der Waals surface area contributed by atoms with E-state index < -0.39 is 32.5 Å². The molecule has 9 nitrogen and oxygen atoms in total. The fraction of sp³-hybridized carbons (Fsp3) is 0.737. The third kappa shape index (κ3) is 33.9. The number of likely N-dealkylation sites (N-methyl/N-ethyl adjacent to an activating group) is 1. The second-order valence-electron chi connectivity index (χ2n) is 13.3. The molecular formula is C38H68NO8P. The van der Waals surface area contributed by atoms with E-state index in [-0.39, 0.29) is 26.1 Å². The first-order chi connectivity index (χ1) is 23.0. The van der Waals surface area contributed by atoms with Gasteiger partial charge in [-0.3, -0.25) is 14.2 Å². The van der Waals surface area contributed by atoms with E-state index in [1.54, 1.807) is 0 Å². The molecule has 0 radical (unpaired) electrons. The van der Waals surface area contributed by atoms with Crippen LogP contribution in [0.15, 0.2) is 48.6 Å². The molecule has 0 aromatic heterocycles. The summed E-state index contributed by atoms with van der Waals surface area (Å²) in [6, 6.07) is 0. The Morgan fingerprint density at radius 2 is 1.21 bits per heavy atom. The van der Waals surface area contributed by atoms with Gasteiger partial charge in [0.05, 0.1) is 27.7 Å². The number of hydrogen-bond donors (Lipinski definition) is 0. The molecule has 0 aliphatic rings. The highest BCUT2D eigenvalue weighted by atomic mass is 31.2. The predicted molar refractivity (Wildman–Crippen MR) is 194 cm³/mol. The second kappa shape index (κ2) is 31.0. The lowest BCUT2D eigenvalue weighted by atomic mass is 10.1. The van der Waals surface area contributed by atoms with Crippen molar-refractivity contribution in [3.63, 3.8) is 0 Å². The fourth-order valence-corrected chi connectivity index (χ4v) is 5.18. The van der Waals surface area contributed by atoms with Gasteiger partial charge in [-0.1, -0.05) is 114 Å². The standard InChI is InChI=1S/C38H68NO8P/c1-6-8-10-12-14-16-18-19-21-23-25-27-29-31-38(41)47-36(35-46-48(42,43)45-33-32-39(3,4)5)34-44-37(40)30-28-26-24-22-20-17-15-13-11-9-7-2/h8,10,12-16,18,36H,6-7,9,11,17,19-35H2,1-5H3/b10-8+,14-12+,15-13+,18-16+. The highest BCUT2D eigenvalue weighted by Crippen LogP contribution is 2.38. The van der Waals surface area contributed by atoms with Crippen LogP contribution in [0, 0.1) is 0 Å². The quantitative estimate of drug-likeness (QED) is 0.0171. The highest BCUT2D eigenvalue weighted by Gasteiger charge is 2.21. The molecule has 0 saturated carbocycles. The van der Waals surface area contributed by atoms with E-state index in [9.17, 15) is 19.0 Å². The van der Waals surface area contributed by atoms with E-state index in [1.807, 2.05) is 39.4 Å². The van der Waals surface area contributed by atoms with Gasteiger partial charge < -0.3 is 27.9 Å². The molecule has 0 aliphatic carbocycles. The third-order valence-corrected chi connectivity index (χ3v) is 8.36. The smallest absolute Gasteiger partial charge is 0.306 e. The Labute approximate surface area is 293 Å². The first-order valence-corrected chi connectivity index (χ1v) is 19.8. The van der Waals surface area contributed by atoms with Crippen LogP contribution >= 0.6 is 7.82 Å². The molecule has 0 aromatic carbocycles. The molecular weight excluding hydrogens is 629 g/mol. The molecule has 0 heterocycles. The molecule has 0 amide bonds. The van der Waals surface area contributed by atoms with Gasteiger partial charge >= 0.3 is 11.9 Å². The third-order valence-electron chi connectivity index (χ3n) is 7.39. The van der Waals surface area contributed by atoms with Crippen LogP contribution in [-0.2, 0) is 32.7 Å². The number of phosphoric acid groups is 1. The summed E-state index contributed by atoms with van der Waals surface area (Å²) in [5, 5.41) is 0. The topological polar surface area (TPSA) is 111 Å². The minimum absolute atomic E-state index is 0.0383. The van der Waals surface area contributed by atoms with Crippen molar-refractivity contribution in [3.8, 4) is 0 Å². The first kappa shape index (κ1) is 46.0. The number of carbonyl (C=O) groups is 2. The van der Waals surface area contributed by atoms with Crippen molar-refractivity contribution < 1.29 is 42.1 Å². The number of unbranched alkanes of at least 4 members (excludes halogenated alkanes) is 12. The monoisotopic (exact) mass is 697 g/mol. The summed E-state index contributed by atoms with van der Waals surface area (Å²) < 4.78 is 33.6. The Kier molecular flexibility index (Phi) is 29.7. The molecule has 0 aromatic rings. The van der Waals surface area contributed by atoms with Crippen LogP contribution in [0.3, 0.4) is 0 Å². The van der Waals surface area contributed by atoms with Crippen LogP contribution in [0.5, 0.6) is 0 Å². The minimum Gasteiger partial charge on any atom is -0.756 e. The van der Waals surface area contributed by atoms with E-state index in [1.165, 1.54) is 12.8 Å². The summed E-state index contributed by atoms with van der Waals surface area (Å²) in [5.74, 6) is -0.878. The molecule has 278 valence electrons. The number of nitrogens with zero attached hydrogens (tertiary/aromatic N) is 1. The number of esters is 2. The lowest BCUT2D eigenvalue weighted by Crippen LogP contribution is -2.37. The average Bonchev–Trinajstić information content (AvgIpc) is 3.02. The summed E-state index contributed by atoms with van der Waals surface area (Å²) in [7, 11) is 1.13. The van der Waals surface area contributed by atoms with Crippen molar-refractivity contribution in [2.24, 2.45) is 0 Å². The van der Waals surface area contributed by atoms with E-state index in [0.717, 1.165) is 77.0 Å². The number of ether oxygens (including phenoxy) is 2. The molecule has 0 N–H and O–H groups in total. The first-order valence-electron chi connectivity index (χ1n) is 18.4. The molecule has 0 bridgehead atoms. The molecule has 0 saturated heterocycles. The van der Waals surface area contributed by atoms with Gasteiger partial charge in [0.15, 0.2) is 6.10 Å². The lowest BCUT2D eigenvalue weighted by molar-refractivity contribution is -0.870.